The minimum atomic E-state index is -0.575. The summed E-state index contributed by atoms with van der Waals surface area (Å²) in [6, 6.07) is 3.81. The van der Waals surface area contributed by atoms with Crippen molar-refractivity contribution < 1.29 is 14.3 Å². The fraction of sp³-hybridized carbons (Fsp3) is 0.364. The van der Waals surface area contributed by atoms with E-state index in [0.717, 1.165) is 0 Å². The molecule has 5 heteroatoms. The second kappa shape index (κ2) is 5.96. The number of benzene rings is 1. The van der Waals surface area contributed by atoms with E-state index in [1.54, 1.807) is 0 Å². The van der Waals surface area contributed by atoms with E-state index < -0.39 is 11.7 Å². The van der Waals surface area contributed by atoms with Crippen LogP contribution in [0.4, 0.5) is 4.39 Å². The molecular formula is C11H13BrFNO2. The Morgan fingerprint density at radius 3 is 2.88 bits per heavy atom. The molecule has 1 amide bonds. The number of hydrogen-bond donors (Lipinski definition) is 2. The van der Waals surface area contributed by atoms with Gasteiger partial charge in [0, 0.05) is 4.47 Å². The Labute approximate surface area is 102 Å². The minimum Gasteiger partial charge on any atom is -0.394 e. The summed E-state index contributed by atoms with van der Waals surface area (Å²) < 4.78 is 14.0. The van der Waals surface area contributed by atoms with Gasteiger partial charge >= 0.3 is 0 Å². The molecule has 0 aliphatic rings. The molecule has 16 heavy (non-hydrogen) atoms. The second-order valence-electron chi connectivity index (χ2n) is 3.39. The summed E-state index contributed by atoms with van der Waals surface area (Å²) >= 11 is 3.17. The van der Waals surface area contributed by atoms with Crippen molar-refractivity contribution in [2.24, 2.45) is 0 Å². The highest BCUT2D eigenvalue weighted by atomic mass is 79.9. The zero-order chi connectivity index (χ0) is 12.1. The van der Waals surface area contributed by atoms with Crippen molar-refractivity contribution in [3.8, 4) is 0 Å². The van der Waals surface area contributed by atoms with Crippen LogP contribution in [0.5, 0.6) is 0 Å². The van der Waals surface area contributed by atoms with Crippen LogP contribution >= 0.6 is 15.9 Å². The van der Waals surface area contributed by atoms with Gasteiger partial charge in [0.05, 0.1) is 18.2 Å². The van der Waals surface area contributed by atoms with E-state index in [0.29, 0.717) is 10.9 Å². The predicted molar refractivity (Wildman–Crippen MR) is 62.7 cm³/mol. The smallest absolute Gasteiger partial charge is 0.254 e. The third-order valence-electron chi connectivity index (χ3n) is 2.22. The van der Waals surface area contributed by atoms with Crippen molar-refractivity contribution >= 4 is 21.8 Å². The van der Waals surface area contributed by atoms with Crippen molar-refractivity contribution in [1.29, 1.82) is 0 Å². The van der Waals surface area contributed by atoms with E-state index in [1.165, 1.54) is 18.2 Å². The number of aliphatic hydroxyl groups is 1. The Balaban J connectivity index is 2.83. The number of nitrogens with one attached hydrogen (secondary N) is 1. The van der Waals surface area contributed by atoms with Gasteiger partial charge in [0.1, 0.15) is 5.82 Å². The summed E-state index contributed by atoms with van der Waals surface area (Å²) in [4.78, 5) is 11.7. The van der Waals surface area contributed by atoms with Gasteiger partial charge in [-0.05, 0) is 24.6 Å². The van der Waals surface area contributed by atoms with Crippen LogP contribution in [-0.4, -0.2) is 23.7 Å². The van der Waals surface area contributed by atoms with E-state index in [4.69, 9.17) is 5.11 Å². The van der Waals surface area contributed by atoms with E-state index in [-0.39, 0.29) is 18.2 Å². The van der Waals surface area contributed by atoms with Crippen LogP contribution in [0.3, 0.4) is 0 Å². The Kier molecular flexibility index (Phi) is 4.89. The number of amides is 1. The molecular weight excluding hydrogens is 277 g/mol. The maximum Gasteiger partial charge on any atom is 0.254 e. The third-order valence-corrected chi connectivity index (χ3v) is 2.71. The number of carbonyl (C=O) groups excluding carboxylic acids is 1. The molecule has 0 aliphatic heterocycles. The Hall–Kier alpha value is -0.940. The molecule has 1 atom stereocenters. The zero-order valence-electron chi connectivity index (χ0n) is 8.84. The quantitative estimate of drug-likeness (QED) is 0.892. The SMILES string of the molecule is CCC(CO)NC(=O)c1cc(Br)ccc1F. The van der Waals surface area contributed by atoms with Crippen LogP contribution in [0.1, 0.15) is 23.7 Å². The summed E-state index contributed by atoms with van der Waals surface area (Å²) in [7, 11) is 0. The lowest BCUT2D eigenvalue weighted by Crippen LogP contribution is -2.37. The van der Waals surface area contributed by atoms with Crippen LogP contribution in [0.15, 0.2) is 22.7 Å². The first-order valence-corrected chi connectivity index (χ1v) is 5.74. The Bertz CT molecular complexity index is 380. The average Bonchev–Trinajstić information content (AvgIpc) is 2.28. The summed E-state index contributed by atoms with van der Waals surface area (Å²) in [6.07, 6.45) is 0.595. The Morgan fingerprint density at radius 1 is 1.62 bits per heavy atom. The van der Waals surface area contributed by atoms with Crippen LogP contribution < -0.4 is 5.32 Å². The topological polar surface area (TPSA) is 49.3 Å². The van der Waals surface area contributed by atoms with Gasteiger partial charge in [-0.25, -0.2) is 4.39 Å². The lowest BCUT2D eigenvalue weighted by atomic mass is 10.1. The fourth-order valence-electron chi connectivity index (χ4n) is 1.21. The molecule has 1 aromatic carbocycles. The lowest BCUT2D eigenvalue weighted by Gasteiger charge is -2.14. The molecule has 0 saturated heterocycles. The second-order valence-corrected chi connectivity index (χ2v) is 4.30. The third kappa shape index (κ3) is 3.28. The van der Waals surface area contributed by atoms with Gasteiger partial charge in [0.2, 0.25) is 0 Å². The molecule has 0 heterocycles. The van der Waals surface area contributed by atoms with E-state index >= 15 is 0 Å². The molecule has 1 rings (SSSR count). The van der Waals surface area contributed by atoms with Gasteiger partial charge in [-0.1, -0.05) is 22.9 Å². The van der Waals surface area contributed by atoms with Gasteiger partial charge in [-0.2, -0.15) is 0 Å². The number of hydrogen-bond acceptors (Lipinski definition) is 2. The van der Waals surface area contributed by atoms with Gasteiger partial charge in [-0.3, -0.25) is 4.79 Å². The van der Waals surface area contributed by atoms with E-state index in [1.807, 2.05) is 6.92 Å². The maximum atomic E-state index is 13.3. The van der Waals surface area contributed by atoms with Crippen molar-refractivity contribution in [2.75, 3.05) is 6.61 Å². The molecule has 0 radical (unpaired) electrons. The average molecular weight is 290 g/mol. The first-order valence-electron chi connectivity index (χ1n) is 4.95. The van der Waals surface area contributed by atoms with Crippen LogP contribution in [0.2, 0.25) is 0 Å². The molecule has 1 unspecified atom stereocenters. The zero-order valence-corrected chi connectivity index (χ0v) is 10.4. The van der Waals surface area contributed by atoms with Crippen molar-refractivity contribution in [3.63, 3.8) is 0 Å². The van der Waals surface area contributed by atoms with Gasteiger partial charge in [-0.15, -0.1) is 0 Å². The predicted octanol–water partition coefficient (Wildman–Crippen LogP) is 2.09. The molecule has 0 aliphatic carbocycles. The summed E-state index contributed by atoms with van der Waals surface area (Å²) in [5, 5.41) is 11.5. The summed E-state index contributed by atoms with van der Waals surface area (Å²) in [5.41, 5.74) is -0.0266. The van der Waals surface area contributed by atoms with Gasteiger partial charge in [0.15, 0.2) is 0 Å². The van der Waals surface area contributed by atoms with Crippen molar-refractivity contribution in [2.45, 2.75) is 19.4 Å². The normalized spacial score (nSPS) is 12.2. The van der Waals surface area contributed by atoms with E-state index in [9.17, 15) is 9.18 Å². The summed E-state index contributed by atoms with van der Waals surface area (Å²) in [6.45, 7) is 1.68. The molecule has 0 saturated carbocycles. The van der Waals surface area contributed by atoms with Crippen molar-refractivity contribution in [1.82, 2.24) is 5.32 Å². The van der Waals surface area contributed by atoms with Crippen LogP contribution in [-0.2, 0) is 0 Å². The molecule has 2 N–H and O–H groups in total. The largest absolute Gasteiger partial charge is 0.394 e. The van der Waals surface area contributed by atoms with Crippen LogP contribution in [0.25, 0.3) is 0 Å². The lowest BCUT2D eigenvalue weighted by molar-refractivity contribution is 0.0911. The van der Waals surface area contributed by atoms with Crippen LogP contribution in [0, 0.1) is 5.82 Å². The highest BCUT2D eigenvalue weighted by Crippen LogP contribution is 2.15. The van der Waals surface area contributed by atoms with E-state index in [2.05, 4.69) is 21.2 Å². The minimum absolute atomic E-state index is 0.0266. The molecule has 88 valence electrons. The van der Waals surface area contributed by atoms with Gasteiger partial charge < -0.3 is 10.4 Å². The molecule has 1 aromatic rings. The number of aliphatic hydroxyl groups excluding tert-OH is 1. The Morgan fingerprint density at radius 2 is 2.31 bits per heavy atom. The fourth-order valence-corrected chi connectivity index (χ4v) is 1.57. The highest BCUT2D eigenvalue weighted by molar-refractivity contribution is 9.10. The van der Waals surface area contributed by atoms with Crippen molar-refractivity contribution in [3.05, 3.63) is 34.1 Å². The molecule has 0 fully saturated rings. The summed E-state index contributed by atoms with van der Waals surface area (Å²) in [5.74, 6) is -1.09. The monoisotopic (exact) mass is 289 g/mol. The molecule has 0 spiro atoms. The number of rotatable bonds is 4. The standard InChI is InChI=1S/C11H13BrFNO2/c1-2-8(6-15)14-11(16)9-5-7(12)3-4-10(9)13/h3-5,8,15H,2,6H2,1H3,(H,14,16). The number of halogens is 2. The first-order chi connectivity index (χ1) is 7.58. The molecule has 0 aromatic heterocycles. The highest BCUT2D eigenvalue weighted by Gasteiger charge is 2.15. The molecule has 0 bridgehead atoms. The number of carbonyl (C=O) groups is 1. The first kappa shape index (κ1) is 13.1. The molecule has 3 nitrogen and oxygen atoms in total. The maximum absolute atomic E-state index is 13.3. The van der Waals surface area contributed by atoms with Gasteiger partial charge in [0.25, 0.3) is 5.91 Å².